The van der Waals surface area contributed by atoms with Crippen molar-refractivity contribution in [1.29, 1.82) is 0 Å². The Morgan fingerprint density at radius 3 is 2.96 bits per heavy atom. The van der Waals surface area contributed by atoms with Crippen LogP contribution in [-0.2, 0) is 11.3 Å². The maximum atomic E-state index is 5.81. The molecule has 1 aliphatic rings. The van der Waals surface area contributed by atoms with Crippen molar-refractivity contribution in [3.8, 4) is 17.1 Å². The summed E-state index contributed by atoms with van der Waals surface area (Å²) in [6.45, 7) is 6.57. The van der Waals surface area contributed by atoms with E-state index >= 15 is 0 Å². The number of nitrogens with zero attached hydrogens (tertiary/aromatic N) is 4. The van der Waals surface area contributed by atoms with E-state index in [0.29, 0.717) is 24.9 Å². The summed E-state index contributed by atoms with van der Waals surface area (Å²) < 4.78 is 16.9. The van der Waals surface area contributed by atoms with Gasteiger partial charge in [0.25, 0.3) is 0 Å². The fourth-order valence-electron chi connectivity index (χ4n) is 2.99. The lowest BCUT2D eigenvalue weighted by Gasteiger charge is -2.33. The van der Waals surface area contributed by atoms with E-state index < -0.39 is 0 Å². The predicted molar refractivity (Wildman–Crippen MR) is 94.5 cm³/mol. The number of likely N-dealkylation sites (N-methyl/N-ethyl adjacent to an activating group) is 1. The van der Waals surface area contributed by atoms with Crippen LogP contribution < -0.4 is 4.74 Å². The first-order valence-corrected chi connectivity index (χ1v) is 8.69. The Kier molecular flexibility index (Phi) is 6.01. The summed E-state index contributed by atoms with van der Waals surface area (Å²) in [7, 11) is 4.12. The van der Waals surface area contributed by atoms with Gasteiger partial charge in [-0.3, -0.25) is 4.90 Å². The summed E-state index contributed by atoms with van der Waals surface area (Å²) in [5.41, 5.74) is 0.854. The van der Waals surface area contributed by atoms with E-state index in [1.54, 1.807) is 0 Å². The van der Waals surface area contributed by atoms with Crippen molar-refractivity contribution < 1.29 is 14.0 Å². The van der Waals surface area contributed by atoms with E-state index in [0.717, 1.165) is 37.6 Å². The third kappa shape index (κ3) is 4.78. The molecule has 0 bridgehead atoms. The molecule has 0 unspecified atom stereocenters. The van der Waals surface area contributed by atoms with Crippen LogP contribution in [0, 0.1) is 0 Å². The third-order valence-electron chi connectivity index (χ3n) is 4.05. The lowest BCUT2D eigenvalue weighted by Crippen LogP contribution is -2.46. The van der Waals surface area contributed by atoms with Gasteiger partial charge in [0.15, 0.2) is 0 Å². The number of aromatic nitrogens is 2. The van der Waals surface area contributed by atoms with Crippen molar-refractivity contribution in [3.05, 3.63) is 30.2 Å². The van der Waals surface area contributed by atoms with Gasteiger partial charge in [0.1, 0.15) is 5.75 Å². The van der Waals surface area contributed by atoms with Gasteiger partial charge in [-0.25, -0.2) is 0 Å². The standard InChI is InChI=1S/C18H26N4O3/c1-4-23-16-8-6-5-7-15(16)18-19-17(25-20-18)13-22-9-10-24-14(12-22)11-21(2)3/h5-8,14H,4,9-13H2,1-3H3/t14-/m1/s1. The summed E-state index contributed by atoms with van der Waals surface area (Å²) in [5.74, 6) is 1.96. The molecule has 1 aliphatic heterocycles. The molecule has 0 amide bonds. The van der Waals surface area contributed by atoms with Crippen molar-refractivity contribution in [2.24, 2.45) is 0 Å². The summed E-state index contributed by atoms with van der Waals surface area (Å²) in [4.78, 5) is 8.99. The molecule has 1 fully saturated rings. The van der Waals surface area contributed by atoms with Crippen molar-refractivity contribution >= 4 is 0 Å². The van der Waals surface area contributed by atoms with E-state index in [1.807, 2.05) is 31.2 Å². The number of para-hydroxylation sites is 1. The fourth-order valence-corrected chi connectivity index (χ4v) is 2.99. The monoisotopic (exact) mass is 346 g/mol. The Labute approximate surface area is 148 Å². The van der Waals surface area contributed by atoms with Gasteiger partial charge >= 0.3 is 0 Å². The van der Waals surface area contributed by atoms with E-state index in [2.05, 4.69) is 34.0 Å². The molecule has 1 aromatic carbocycles. The molecule has 0 saturated carbocycles. The van der Waals surface area contributed by atoms with Crippen LogP contribution >= 0.6 is 0 Å². The van der Waals surface area contributed by atoms with E-state index in [1.165, 1.54) is 0 Å². The molecule has 0 aliphatic carbocycles. The molecule has 1 aromatic heterocycles. The average Bonchev–Trinajstić information content (AvgIpc) is 3.04. The Hall–Kier alpha value is -1.96. The van der Waals surface area contributed by atoms with Gasteiger partial charge in [-0.15, -0.1) is 0 Å². The van der Waals surface area contributed by atoms with Crippen molar-refractivity contribution in [2.75, 3.05) is 46.9 Å². The van der Waals surface area contributed by atoms with E-state index in [4.69, 9.17) is 14.0 Å². The molecule has 25 heavy (non-hydrogen) atoms. The minimum atomic E-state index is 0.213. The summed E-state index contributed by atoms with van der Waals surface area (Å²) in [6, 6.07) is 7.75. The number of hydrogen-bond donors (Lipinski definition) is 0. The molecule has 7 nitrogen and oxygen atoms in total. The normalized spacial score (nSPS) is 18.6. The Morgan fingerprint density at radius 1 is 1.32 bits per heavy atom. The van der Waals surface area contributed by atoms with Gasteiger partial charge in [-0.1, -0.05) is 17.3 Å². The molecule has 0 radical (unpaired) electrons. The highest BCUT2D eigenvalue weighted by atomic mass is 16.5. The van der Waals surface area contributed by atoms with Gasteiger partial charge in [0, 0.05) is 19.6 Å². The quantitative estimate of drug-likeness (QED) is 0.758. The number of morpholine rings is 1. The van der Waals surface area contributed by atoms with Gasteiger partial charge in [0.2, 0.25) is 11.7 Å². The lowest BCUT2D eigenvalue weighted by atomic mass is 10.2. The molecule has 7 heteroatoms. The number of rotatable bonds is 7. The van der Waals surface area contributed by atoms with Crippen LogP contribution in [0.15, 0.2) is 28.8 Å². The zero-order chi connectivity index (χ0) is 17.6. The second kappa shape index (κ2) is 8.42. The summed E-state index contributed by atoms with van der Waals surface area (Å²) in [5, 5.41) is 4.13. The molecule has 3 rings (SSSR count). The highest BCUT2D eigenvalue weighted by Gasteiger charge is 2.23. The number of benzene rings is 1. The van der Waals surface area contributed by atoms with Crippen LogP contribution in [0.2, 0.25) is 0 Å². The van der Waals surface area contributed by atoms with Crippen LogP contribution in [0.25, 0.3) is 11.4 Å². The zero-order valence-electron chi connectivity index (χ0n) is 15.1. The number of hydrogen-bond acceptors (Lipinski definition) is 7. The molecule has 1 atom stereocenters. The van der Waals surface area contributed by atoms with Crippen LogP contribution in [0.4, 0.5) is 0 Å². The first-order chi connectivity index (χ1) is 12.2. The molecule has 0 N–H and O–H groups in total. The molecular formula is C18H26N4O3. The van der Waals surface area contributed by atoms with Gasteiger partial charge in [0.05, 0.1) is 31.4 Å². The summed E-state index contributed by atoms with van der Waals surface area (Å²) in [6.07, 6.45) is 0.213. The first kappa shape index (κ1) is 17.8. The van der Waals surface area contributed by atoms with Gasteiger partial charge in [-0.2, -0.15) is 4.98 Å². The highest BCUT2D eigenvalue weighted by molar-refractivity contribution is 5.63. The van der Waals surface area contributed by atoms with Crippen LogP contribution in [0.1, 0.15) is 12.8 Å². The topological polar surface area (TPSA) is 63.9 Å². The third-order valence-corrected chi connectivity index (χ3v) is 4.05. The first-order valence-electron chi connectivity index (χ1n) is 8.69. The van der Waals surface area contributed by atoms with Crippen LogP contribution in [0.5, 0.6) is 5.75 Å². The minimum Gasteiger partial charge on any atom is -0.493 e. The maximum Gasteiger partial charge on any atom is 0.241 e. The van der Waals surface area contributed by atoms with Crippen LogP contribution in [-0.4, -0.2) is 73.0 Å². The molecule has 0 spiro atoms. The Bertz CT molecular complexity index is 674. The zero-order valence-corrected chi connectivity index (χ0v) is 15.1. The van der Waals surface area contributed by atoms with Crippen molar-refractivity contribution in [1.82, 2.24) is 19.9 Å². The van der Waals surface area contributed by atoms with Gasteiger partial charge in [-0.05, 0) is 33.2 Å². The molecule has 136 valence electrons. The number of ether oxygens (including phenoxy) is 2. The summed E-state index contributed by atoms with van der Waals surface area (Å²) >= 11 is 0. The van der Waals surface area contributed by atoms with E-state index in [9.17, 15) is 0 Å². The molecule has 2 heterocycles. The molecular weight excluding hydrogens is 320 g/mol. The Morgan fingerprint density at radius 2 is 2.16 bits per heavy atom. The maximum absolute atomic E-state index is 5.81. The van der Waals surface area contributed by atoms with Gasteiger partial charge < -0.3 is 18.9 Å². The smallest absolute Gasteiger partial charge is 0.241 e. The predicted octanol–water partition coefficient (Wildman–Crippen LogP) is 1.90. The molecule has 1 saturated heterocycles. The second-order valence-corrected chi connectivity index (χ2v) is 6.43. The van der Waals surface area contributed by atoms with E-state index in [-0.39, 0.29) is 6.10 Å². The lowest BCUT2D eigenvalue weighted by molar-refractivity contribution is -0.0430. The second-order valence-electron chi connectivity index (χ2n) is 6.43. The molecule has 2 aromatic rings. The average molecular weight is 346 g/mol. The SMILES string of the molecule is CCOc1ccccc1-c1noc(CN2CCO[C@H](CN(C)C)C2)n1. The Balaban J connectivity index is 1.66. The fraction of sp³-hybridized carbons (Fsp3) is 0.556. The van der Waals surface area contributed by atoms with Crippen molar-refractivity contribution in [3.63, 3.8) is 0 Å². The van der Waals surface area contributed by atoms with Crippen molar-refractivity contribution in [2.45, 2.75) is 19.6 Å². The van der Waals surface area contributed by atoms with Crippen LogP contribution in [0.3, 0.4) is 0 Å². The largest absolute Gasteiger partial charge is 0.493 e. The minimum absolute atomic E-state index is 0.213. The highest BCUT2D eigenvalue weighted by Crippen LogP contribution is 2.27.